The SMILES string of the molecule is O=[N+]([O-])c1ccc(S(=O)(=O)N2CCN(S(=O)(=O)c3ccc(Cl)cc3)CC2)cc1. The third-order valence-electron chi connectivity index (χ3n) is 4.33. The summed E-state index contributed by atoms with van der Waals surface area (Å²) in [6, 6.07) is 10.3. The predicted octanol–water partition coefficient (Wildman–Crippen LogP) is 1.94. The monoisotopic (exact) mass is 445 g/mol. The Morgan fingerprint density at radius 2 is 1.11 bits per heavy atom. The van der Waals surface area contributed by atoms with E-state index in [2.05, 4.69) is 0 Å². The molecule has 2 aromatic carbocycles. The van der Waals surface area contributed by atoms with Crippen molar-refractivity contribution in [3.05, 3.63) is 63.7 Å². The second-order valence-electron chi connectivity index (χ2n) is 6.01. The van der Waals surface area contributed by atoms with Crippen molar-refractivity contribution in [1.82, 2.24) is 8.61 Å². The molecule has 0 unspecified atom stereocenters. The van der Waals surface area contributed by atoms with Gasteiger partial charge in [-0.2, -0.15) is 8.61 Å². The van der Waals surface area contributed by atoms with Crippen LogP contribution < -0.4 is 0 Å². The maximum Gasteiger partial charge on any atom is 0.269 e. The largest absolute Gasteiger partial charge is 0.269 e. The van der Waals surface area contributed by atoms with Crippen LogP contribution in [-0.2, 0) is 20.0 Å². The van der Waals surface area contributed by atoms with E-state index >= 15 is 0 Å². The van der Waals surface area contributed by atoms with E-state index in [0.29, 0.717) is 5.02 Å². The van der Waals surface area contributed by atoms with Gasteiger partial charge >= 0.3 is 0 Å². The highest BCUT2D eigenvalue weighted by Crippen LogP contribution is 2.24. The van der Waals surface area contributed by atoms with Crippen LogP contribution in [-0.4, -0.2) is 56.5 Å². The first-order valence-electron chi connectivity index (χ1n) is 8.13. The van der Waals surface area contributed by atoms with Gasteiger partial charge in [0.1, 0.15) is 0 Å². The van der Waals surface area contributed by atoms with E-state index < -0.39 is 25.0 Å². The van der Waals surface area contributed by atoms with Crippen molar-refractivity contribution in [2.24, 2.45) is 0 Å². The zero-order chi connectivity index (χ0) is 20.5. The second-order valence-corrected chi connectivity index (χ2v) is 10.3. The van der Waals surface area contributed by atoms with Gasteiger partial charge in [0, 0.05) is 43.3 Å². The van der Waals surface area contributed by atoms with Crippen molar-refractivity contribution in [2.45, 2.75) is 9.79 Å². The number of nitrogens with zero attached hydrogens (tertiary/aromatic N) is 3. The molecule has 0 spiro atoms. The molecule has 3 rings (SSSR count). The van der Waals surface area contributed by atoms with Gasteiger partial charge in [0.2, 0.25) is 20.0 Å². The molecule has 0 saturated carbocycles. The number of halogens is 1. The summed E-state index contributed by atoms with van der Waals surface area (Å²) in [6.07, 6.45) is 0. The first-order valence-corrected chi connectivity index (χ1v) is 11.4. The molecule has 0 aromatic heterocycles. The van der Waals surface area contributed by atoms with E-state index in [1.54, 1.807) is 0 Å². The van der Waals surface area contributed by atoms with Crippen molar-refractivity contribution in [3.63, 3.8) is 0 Å². The Morgan fingerprint density at radius 3 is 1.46 bits per heavy atom. The lowest BCUT2D eigenvalue weighted by Crippen LogP contribution is -2.50. The van der Waals surface area contributed by atoms with Gasteiger partial charge in [0.05, 0.1) is 14.7 Å². The average molecular weight is 446 g/mol. The summed E-state index contributed by atoms with van der Waals surface area (Å²) in [7, 11) is -7.62. The molecule has 28 heavy (non-hydrogen) atoms. The van der Waals surface area contributed by atoms with Gasteiger partial charge in [-0.05, 0) is 36.4 Å². The molecule has 1 heterocycles. The van der Waals surface area contributed by atoms with Crippen LogP contribution in [0.2, 0.25) is 5.02 Å². The van der Waals surface area contributed by atoms with Gasteiger partial charge in [-0.15, -0.1) is 0 Å². The number of benzene rings is 2. The number of rotatable bonds is 5. The highest BCUT2D eigenvalue weighted by molar-refractivity contribution is 7.89. The smallest absolute Gasteiger partial charge is 0.258 e. The highest BCUT2D eigenvalue weighted by atomic mass is 35.5. The third-order valence-corrected chi connectivity index (χ3v) is 8.41. The molecule has 1 saturated heterocycles. The van der Waals surface area contributed by atoms with E-state index in [4.69, 9.17) is 11.6 Å². The molecule has 0 radical (unpaired) electrons. The number of hydrogen-bond acceptors (Lipinski definition) is 6. The summed E-state index contributed by atoms with van der Waals surface area (Å²) in [4.78, 5) is 10.1. The van der Waals surface area contributed by atoms with Gasteiger partial charge in [-0.3, -0.25) is 10.1 Å². The van der Waals surface area contributed by atoms with Crippen molar-refractivity contribution in [2.75, 3.05) is 26.2 Å². The van der Waals surface area contributed by atoms with E-state index in [1.165, 1.54) is 45.0 Å². The number of nitro groups is 1. The van der Waals surface area contributed by atoms with Crippen LogP contribution in [0, 0.1) is 10.1 Å². The van der Waals surface area contributed by atoms with Crippen LogP contribution in [0.1, 0.15) is 0 Å². The maximum atomic E-state index is 12.7. The minimum Gasteiger partial charge on any atom is -0.258 e. The molecule has 0 N–H and O–H groups in total. The number of nitro benzene ring substituents is 1. The summed E-state index contributed by atoms with van der Waals surface area (Å²) >= 11 is 5.78. The number of sulfonamides is 2. The normalized spacial score (nSPS) is 16.8. The first-order chi connectivity index (χ1) is 13.1. The standard InChI is InChI=1S/C16H16ClN3O6S2/c17-13-1-5-15(6-2-13)27(23,24)18-9-11-19(12-10-18)28(25,26)16-7-3-14(4-8-16)20(21)22/h1-8H,9-12H2. The van der Waals surface area contributed by atoms with Crippen LogP contribution >= 0.6 is 11.6 Å². The van der Waals surface area contributed by atoms with Crippen molar-refractivity contribution < 1.29 is 21.8 Å². The Balaban J connectivity index is 1.73. The number of non-ortho nitro benzene ring substituents is 1. The zero-order valence-electron chi connectivity index (χ0n) is 14.4. The van der Waals surface area contributed by atoms with Crippen molar-refractivity contribution in [3.8, 4) is 0 Å². The van der Waals surface area contributed by atoms with Crippen molar-refractivity contribution >= 4 is 37.3 Å². The van der Waals surface area contributed by atoms with E-state index in [0.717, 1.165) is 12.1 Å². The molecular weight excluding hydrogens is 430 g/mol. The first kappa shape index (κ1) is 20.7. The Kier molecular flexibility index (Phi) is 5.73. The summed E-state index contributed by atoms with van der Waals surface area (Å²) in [5.41, 5.74) is -0.210. The molecule has 0 bridgehead atoms. The van der Waals surface area contributed by atoms with Gasteiger partial charge < -0.3 is 0 Å². The Bertz CT molecular complexity index is 1080. The van der Waals surface area contributed by atoms with Gasteiger partial charge in [-0.25, -0.2) is 16.8 Å². The lowest BCUT2D eigenvalue weighted by atomic mass is 10.3. The third kappa shape index (κ3) is 4.03. The summed E-state index contributed by atoms with van der Waals surface area (Å²) in [5.74, 6) is 0. The van der Waals surface area contributed by atoms with Crippen molar-refractivity contribution in [1.29, 1.82) is 0 Å². The lowest BCUT2D eigenvalue weighted by molar-refractivity contribution is -0.384. The molecule has 1 fully saturated rings. The van der Waals surface area contributed by atoms with Gasteiger partial charge in [0.25, 0.3) is 5.69 Å². The molecule has 0 aliphatic carbocycles. The predicted molar refractivity (Wildman–Crippen MR) is 102 cm³/mol. The molecule has 1 aliphatic heterocycles. The summed E-state index contributed by atoms with van der Waals surface area (Å²) < 4.78 is 53.2. The van der Waals surface area contributed by atoms with Crippen LogP contribution in [0.15, 0.2) is 58.3 Å². The molecule has 12 heteroatoms. The van der Waals surface area contributed by atoms with Gasteiger partial charge in [-0.1, -0.05) is 11.6 Å². The minimum atomic E-state index is -3.87. The Morgan fingerprint density at radius 1 is 0.750 bits per heavy atom. The quantitative estimate of drug-likeness (QED) is 0.512. The molecule has 0 atom stereocenters. The fourth-order valence-corrected chi connectivity index (χ4v) is 5.77. The van der Waals surface area contributed by atoms with E-state index in [-0.39, 0.29) is 41.7 Å². The van der Waals surface area contributed by atoms with E-state index in [9.17, 15) is 26.9 Å². The minimum absolute atomic E-state index is 0.00281. The average Bonchev–Trinajstić information content (AvgIpc) is 2.68. The molecule has 1 aliphatic rings. The van der Waals surface area contributed by atoms with Gasteiger partial charge in [0.15, 0.2) is 0 Å². The second kappa shape index (κ2) is 7.76. The Labute approximate surface area is 167 Å². The van der Waals surface area contributed by atoms with Crippen LogP contribution in [0.4, 0.5) is 5.69 Å². The zero-order valence-corrected chi connectivity index (χ0v) is 16.8. The molecular formula is C16H16ClN3O6S2. The summed E-state index contributed by atoms with van der Waals surface area (Å²) in [6.45, 7) is -0.0490. The molecule has 0 amide bonds. The van der Waals surface area contributed by atoms with Crippen LogP contribution in [0.3, 0.4) is 0 Å². The van der Waals surface area contributed by atoms with Crippen LogP contribution in [0.5, 0.6) is 0 Å². The van der Waals surface area contributed by atoms with Crippen LogP contribution in [0.25, 0.3) is 0 Å². The fraction of sp³-hybridized carbons (Fsp3) is 0.250. The fourth-order valence-electron chi connectivity index (χ4n) is 2.79. The molecule has 9 nitrogen and oxygen atoms in total. The topological polar surface area (TPSA) is 118 Å². The summed E-state index contributed by atoms with van der Waals surface area (Å²) in [5, 5.41) is 11.1. The number of piperazine rings is 1. The lowest BCUT2D eigenvalue weighted by Gasteiger charge is -2.33. The maximum absolute atomic E-state index is 12.7. The highest BCUT2D eigenvalue weighted by Gasteiger charge is 2.33. The Hall–Kier alpha value is -2.05. The van der Waals surface area contributed by atoms with E-state index in [1.807, 2.05) is 0 Å². The molecule has 2 aromatic rings. The number of hydrogen-bond donors (Lipinski definition) is 0. The molecule has 150 valence electrons.